The fraction of sp³-hybridized carbons (Fsp3) is 0.417. The van der Waals surface area contributed by atoms with E-state index in [0.717, 1.165) is 4.31 Å². The standard InChI is InChI=1S/C19H13.C5H5.Fe/c1-2-8-14(7-1)13-19-17-11-5-3-9-15(17)16-10-4-6-12-18(16)19;1-2-4-5-3-1;/h1-13H;1-5H;. The van der Waals surface area contributed by atoms with E-state index in [1.54, 1.807) is 16.7 Å². The van der Waals surface area contributed by atoms with Crippen LogP contribution in [0.2, 0.25) is 47.7 Å². The van der Waals surface area contributed by atoms with Crippen LogP contribution >= 0.6 is 0 Å². The Labute approximate surface area is 136 Å². The number of fused-ring (bicyclic) bond motifs is 13. The van der Waals surface area contributed by atoms with E-state index in [1.807, 2.05) is 0 Å². The predicted octanol–water partition coefficient (Wildman–Crippen LogP) is 6.86. The zero-order chi connectivity index (χ0) is 15.3. The molecule has 11 aliphatic rings. The quantitative estimate of drug-likeness (QED) is 0.415. The van der Waals surface area contributed by atoms with Crippen molar-refractivity contribution in [2.24, 2.45) is 0 Å². The van der Waals surface area contributed by atoms with E-state index >= 15 is 0 Å². The molecular formula is C24H18Fe. The van der Waals surface area contributed by atoms with Gasteiger partial charge < -0.3 is 0 Å². The van der Waals surface area contributed by atoms with E-state index in [9.17, 15) is 0 Å². The Morgan fingerprint density at radius 1 is 0.600 bits per heavy atom. The van der Waals surface area contributed by atoms with Crippen molar-refractivity contribution in [2.75, 3.05) is 0 Å². The molecule has 1 aliphatic carbocycles. The summed E-state index contributed by atoms with van der Waals surface area (Å²) in [5.41, 5.74) is 7.77. The van der Waals surface area contributed by atoms with Crippen molar-refractivity contribution in [2.45, 2.75) is 47.7 Å². The molecule has 10 aliphatic heterocycles. The minimum atomic E-state index is -3.01. The van der Waals surface area contributed by atoms with Crippen LogP contribution in [0, 0.1) is 0 Å². The number of benzene rings is 2. The second kappa shape index (κ2) is 1.05. The van der Waals surface area contributed by atoms with Crippen molar-refractivity contribution < 1.29 is 6.51 Å². The second-order valence-electron chi connectivity index (χ2n) is 13.4. The molecule has 13 rings (SSSR count). The Kier molecular flexibility index (Phi) is 0.404. The molecule has 1 spiro atoms. The SMILES string of the molecule is C(=C1c2ccccc2-c2ccccc21)[C]12[CH]3[CH]4[CH]5[CH]1[Fe]45321678[CH]2[CH]1[CH]6[CH]7[CH]28. The summed E-state index contributed by atoms with van der Waals surface area (Å²) in [5, 5.41) is 0. The third-order valence-electron chi connectivity index (χ3n) is 17.9. The van der Waals surface area contributed by atoms with Crippen LogP contribution in [0.4, 0.5) is 0 Å². The van der Waals surface area contributed by atoms with Crippen molar-refractivity contribution >= 4 is 5.57 Å². The summed E-state index contributed by atoms with van der Waals surface area (Å²) in [7, 11) is 0. The van der Waals surface area contributed by atoms with E-state index in [0.29, 0.717) is 0 Å². The molecule has 4 atom stereocenters. The van der Waals surface area contributed by atoms with Gasteiger partial charge in [0, 0.05) is 0 Å². The number of rotatable bonds is 1. The van der Waals surface area contributed by atoms with Crippen LogP contribution in [0.15, 0.2) is 54.6 Å². The monoisotopic (exact) mass is 362 g/mol. The van der Waals surface area contributed by atoms with Gasteiger partial charge in [0.15, 0.2) is 0 Å². The molecule has 0 radical (unpaired) electrons. The van der Waals surface area contributed by atoms with E-state index in [-0.39, 0.29) is 0 Å². The van der Waals surface area contributed by atoms with Gasteiger partial charge in [-0.2, -0.15) is 0 Å². The van der Waals surface area contributed by atoms with Gasteiger partial charge in [0.25, 0.3) is 0 Å². The zero-order valence-corrected chi connectivity index (χ0v) is 14.9. The van der Waals surface area contributed by atoms with Crippen molar-refractivity contribution in [3.05, 3.63) is 65.7 Å². The summed E-state index contributed by atoms with van der Waals surface area (Å²) in [6.45, 7) is -3.01. The Morgan fingerprint density at radius 3 is 1.40 bits per heavy atom. The first kappa shape index (κ1) is 9.58. The average Bonchev–Trinajstić information content (AvgIpc) is 3.57. The molecule has 10 fully saturated rings. The van der Waals surface area contributed by atoms with Crippen molar-refractivity contribution in [3.8, 4) is 11.1 Å². The Morgan fingerprint density at radius 2 is 1.04 bits per heavy atom. The molecule has 4 unspecified atom stereocenters. The van der Waals surface area contributed by atoms with Gasteiger partial charge >= 0.3 is 137 Å². The van der Waals surface area contributed by atoms with Crippen molar-refractivity contribution in [3.63, 3.8) is 0 Å². The third-order valence-corrected chi connectivity index (χ3v) is 60.4. The van der Waals surface area contributed by atoms with E-state index in [4.69, 9.17) is 0 Å². The molecule has 2 aromatic carbocycles. The van der Waals surface area contributed by atoms with Gasteiger partial charge in [0.05, 0.1) is 0 Å². The fourth-order valence-electron chi connectivity index (χ4n) is 19.2. The Hall–Kier alpha value is -1.30. The molecule has 0 saturated carbocycles. The van der Waals surface area contributed by atoms with Crippen LogP contribution in [-0.4, -0.2) is 0 Å². The second-order valence-corrected chi connectivity index (χ2v) is 37.0. The number of allylic oxidation sites excluding steroid dienone is 1. The molecular weight excluding hydrogens is 344 g/mol. The van der Waals surface area contributed by atoms with Crippen LogP contribution in [0.1, 0.15) is 11.1 Å². The van der Waals surface area contributed by atoms with Gasteiger partial charge in [-0.3, -0.25) is 0 Å². The number of hydrogen-bond donors (Lipinski definition) is 0. The summed E-state index contributed by atoms with van der Waals surface area (Å²) in [5.74, 6) is 0. The van der Waals surface area contributed by atoms with Gasteiger partial charge in [-0.1, -0.05) is 0 Å². The topological polar surface area (TPSA) is 0 Å². The summed E-state index contributed by atoms with van der Waals surface area (Å²) in [6.07, 6.45) is 3.02. The van der Waals surface area contributed by atoms with Gasteiger partial charge in [0.2, 0.25) is 0 Å². The average molecular weight is 362 g/mol. The third kappa shape index (κ3) is 0.155. The summed E-state index contributed by atoms with van der Waals surface area (Å²) in [4.78, 5) is 12.7. The zero-order valence-electron chi connectivity index (χ0n) is 13.7. The Balaban J connectivity index is 1.26. The molecule has 122 valence electrons. The molecule has 0 nitrogen and oxygen atoms in total. The maximum atomic E-state index is 3.02. The summed E-state index contributed by atoms with van der Waals surface area (Å²) in [6, 6.07) is 18.5. The van der Waals surface area contributed by atoms with Crippen molar-refractivity contribution in [1.29, 1.82) is 0 Å². The molecule has 1 heteroatoms. The molecule has 10 saturated heterocycles. The molecule has 0 amide bonds. The van der Waals surface area contributed by atoms with Gasteiger partial charge in [-0.05, 0) is 0 Å². The fourth-order valence-corrected chi connectivity index (χ4v) is 92.9. The van der Waals surface area contributed by atoms with Crippen LogP contribution in [-0.2, 0) is 6.51 Å². The maximum absolute atomic E-state index is 3.02. The molecule has 25 heavy (non-hydrogen) atoms. The first-order valence-electron chi connectivity index (χ1n) is 10.2. The van der Waals surface area contributed by atoms with Gasteiger partial charge in [0.1, 0.15) is 0 Å². The first-order valence-corrected chi connectivity index (χ1v) is 16.5. The molecule has 10 heterocycles. The molecule has 0 aromatic heterocycles. The van der Waals surface area contributed by atoms with Crippen LogP contribution in [0.25, 0.3) is 16.7 Å². The van der Waals surface area contributed by atoms with Crippen LogP contribution in [0.5, 0.6) is 0 Å². The predicted molar refractivity (Wildman–Crippen MR) is 95.4 cm³/mol. The molecule has 0 bridgehead atoms. The van der Waals surface area contributed by atoms with Crippen LogP contribution < -0.4 is 0 Å². The van der Waals surface area contributed by atoms with Gasteiger partial charge in [-0.25, -0.2) is 0 Å². The molecule has 2 aromatic rings. The van der Waals surface area contributed by atoms with Crippen molar-refractivity contribution in [1.82, 2.24) is 0 Å². The molecule has 0 N–H and O–H groups in total. The number of hydrogen-bond acceptors (Lipinski definition) is 0. The van der Waals surface area contributed by atoms with E-state index < -0.39 is 6.51 Å². The van der Waals surface area contributed by atoms with Gasteiger partial charge in [-0.15, -0.1) is 0 Å². The summed E-state index contributed by atoms with van der Waals surface area (Å²) < 4.78 is 0.888. The van der Waals surface area contributed by atoms with Crippen LogP contribution in [0.3, 0.4) is 0 Å². The minimum absolute atomic E-state index is 0.888. The van der Waals surface area contributed by atoms with E-state index in [1.165, 1.54) is 54.5 Å². The first-order chi connectivity index (χ1) is 12.1. The van der Waals surface area contributed by atoms with E-state index in [2.05, 4.69) is 54.6 Å². The Bertz CT molecular complexity index is 1500. The summed E-state index contributed by atoms with van der Waals surface area (Å²) >= 11 is 0. The normalized spacial score (nSPS) is 85.8.